The molecule has 1 aliphatic heterocycles. The van der Waals surface area contributed by atoms with Gasteiger partial charge >= 0.3 is 0 Å². The topological polar surface area (TPSA) is 52.9 Å². The molecule has 1 saturated heterocycles. The van der Waals surface area contributed by atoms with Gasteiger partial charge in [0.25, 0.3) is 5.91 Å². The van der Waals surface area contributed by atoms with Crippen molar-refractivity contribution in [3.05, 3.63) is 65.1 Å². The number of hydrogen-bond donors (Lipinski definition) is 1. The lowest BCUT2D eigenvalue weighted by Crippen LogP contribution is -2.45. The quantitative estimate of drug-likeness (QED) is 0.727. The highest BCUT2D eigenvalue weighted by atomic mass is 16.1. The van der Waals surface area contributed by atoms with Gasteiger partial charge in [-0.1, -0.05) is 12.1 Å². The Labute approximate surface area is 172 Å². The number of piperazine rings is 1. The zero-order valence-electron chi connectivity index (χ0n) is 17.5. The van der Waals surface area contributed by atoms with Crippen LogP contribution >= 0.6 is 0 Å². The minimum Gasteiger partial charge on any atom is -0.322 e. The second kappa shape index (κ2) is 8.35. The standard InChI is InChI=1S/C23H29N5O/c1-17-16-18(2)28-11-9-21(22(28)24-17)23(29)25-20-6-4-19(5-7-20)8-10-27-14-12-26(3)13-15-27/h4-7,9,11,16H,8,10,12-15H2,1-3H3,(H,25,29). The molecular weight excluding hydrogens is 362 g/mol. The lowest BCUT2D eigenvalue weighted by molar-refractivity contribution is 0.102. The molecular formula is C23H29N5O. The maximum absolute atomic E-state index is 12.8. The Morgan fingerprint density at radius 2 is 1.79 bits per heavy atom. The van der Waals surface area contributed by atoms with Gasteiger partial charge in [0.05, 0.1) is 5.56 Å². The average molecular weight is 392 g/mol. The minimum absolute atomic E-state index is 0.129. The molecule has 1 N–H and O–H groups in total. The van der Waals surface area contributed by atoms with E-state index in [0.717, 1.165) is 56.2 Å². The Hall–Kier alpha value is -2.70. The summed E-state index contributed by atoms with van der Waals surface area (Å²) < 4.78 is 1.95. The average Bonchev–Trinajstić information content (AvgIpc) is 3.13. The van der Waals surface area contributed by atoms with E-state index in [4.69, 9.17) is 0 Å². The van der Waals surface area contributed by atoms with Crippen LogP contribution < -0.4 is 5.32 Å². The van der Waals surface area contributed by atoms with Gasteiger partial charge in [-0.05, 0) is 57.1 Å². The van der Waals surface area contributed by atoms with E-state index in [1.807, 2.05) is 48.7 Å². The number of benzene rings is 1. The van der Waals surface area contributed by atoms with Crippen LogP contribution in [0.25, 0.3) is 5.65 Å². The van der Waals surface area contributed by atoms with Crippen molar-refractivity contribution in [2.75, 3.05) is 45.1 Å². The largest absolute Gasteiger partial charge is 0.322 e. The van der Waals surface area contributed by atoms with E-state index < -0.39 is 0 Å². The number of fused-ring (bicyclic) bond motifs is 1. The number of nitrogens with zero attached hydrogens (tertiary/aromatic N) is 4. The minimum atomic E-state index is -0.129. The fourth-order valence-corrected chi connectivity index (χ4v) is 3.88. The Kier molecular flexibility index (Phi) is 5.65. The molecule has 6 heteroatoms. The van der Waals surface area contributed by atoms with E-state index in [9.17, 15) is 4.79 Å². The number of likely N-dealkylation sites (N-methyl/N-ethyl adjacent to an activating group) is 1. The summed E-state index contributed by atoms with van der Waals surface area (Å²) in [5.41, 5.74) is 5.37. The Morgan fingerprint density at radius 1 is 1.07 bits per heavy atom. The first-order valence-electron chi connectivity index (χ1n) is 10.3. The second-order valence-corrected chi connectivity index (χ2v) is 8.01. The van der Waals surface area contributed by atoms with Gasteiger partial charge < -0.3 is 19.5 Å². The van der Waals surface area contributed by atoms with Crippen LogP contribution in [0.3, 0.4) is 0 Å². The third kappa shape index (κ3) is 4.49. The van der Waals surface area contributed by atoms with Gasteiger partial charge in [-0.15, -0.1) is 0 Å². The molecule has 0 radical (unpaired) electrons. The van der Waals surface area contributed by atoms with Crippen LogP contribution in [0.2, 0.25) is 0 Å². The molecule has 0 bridgehead atoms. The number of aryl methyl sites for hydroxylation is 2. The van der Waals surface area contributed by atoms with Crippen molar-refractivity contribution < 1.29 is 4.79 Å². The van der Waals surface area contributed by atoms with Gasteiger partial charge in [-0.25, -0.2) is 4.98 Å². The van der Waals surface area contributed by atoms with Crippen molar-refractivity contribution in [1.82, 2.24) is 19.2 Å². The van der Waals surface area contributed by atoms with Crippen molar-refractivity contribution in [3.8, 4) is 0 Å². The number of nitrogens with one attached hydrogen (secondary N) is 1. The number of anilines is 1. The van der Waals surface area contributed by atoms with Gasteiger partial charge in [0.1, 0.15) is 5.65 Å². The number of carbonyl (C=O) groups is 1. The van der Waals surface area contributed by atoms with E-state index in [2.05, 4.69) is 39.3 Å². The van der Waals surface area contributed by atoms with Crippen molar-refractivity contribution >= 4 is 17.2 Å². The molecule has 1 aliphatic rings. The van der Waals surface area contributed by atoms with Gasteiger partial charge in [-0.3, -0.25) is 4.79 Å². The van der Waals surface area contributed by atoms with Crippen LogP contribution in [0.4, 0.5) is 5.69 Å². The van der Waals surface area contributed by atoms with Crippen LogP contribution in [0.15, 0.2) is 42.6 Å². The fourth-order valence-electron chi connectivity index (χ4n) is 3.88. The predicted octanol–water partition coefficient (Wildman–Crippen LogP) is 2.99. The Bertz CT molecular complexity index is 1000. The van der Waals surface area contributed by atoms with E-state index in [-0.39, 0.29) is 5.91 Å². The predicted molar refractivity (Wildman–Crippen MR) is 117 cm³/mol. The first-order valence-corrected chi connectivity index (χ1v) is 10.3. The maximum Gasteiger partial charge on any atom is 0.259 e. The second-order valence-electron chi connectivity index (χ2n) is 8.01. The van der Waals surface area contributed by atoms with Crippen LogP contribution in [0, 0.1) is 13.8 Å². The van der Waals surface area contributed by atoms with E-state index >= 15 is 0 Å². The van der Waals surface area contributed by atoms with Gasteiger partial charge in [0.2, 0.25) is 0 Å². The zero-order chi connectivity index (χ0) is 20.4. The molecule has 1 fully saturated rings. The van der Waals surface area contributed by atoms with E-state index in [1.54, 1.807) is 0 Å². The summed E-state index contributed by atoms with van der Waals surface area (Å²) in [6.07, 6.45) is 2.93. The Morgan fingerprint density at radius 3 is 2.52 bits per heavy atom. The first kappa shape index (κ1) is 19.6. The number of hydrogen-bond acceptors (Lipinski definition) is 4. The molecule has 29 heavy (non-hydrogen) atoms. The summed E-state index contributed by atoms with van der Waals surface area (Å²) in [5.74, 6) is -0.129. The summed E-state index contributed by atoms with van der Waals surface area (Å²) >= 11 is 0. The van der Waals surface area contributed by atoms with Gasteiger partial charge in [0.15, 0.2) is 0 Å². The molecule has 0 unspecified atom stereocenters. The first-order chi connectivity index (χ1) is 14.0. The summed E-state index contributed by atoms with van der Waals surface area (Å²) in [6.45, 7) is 9.63. The molecule has 1 aromatic carbocycles. The molecule has 0 atom stereocenters. The van der Waals surface area contributed by atoms with Crippen LogP contribution in [0.5, 0.6) is 0 Å². The summed E-state index contributed by atoms with van der Waals surface area (Å²) in [4.78, 5) is 22.2. The van der Waals surface area contributed by atoms with Gasteiger partial charge in [0, 0.05) is 56.0 Å². The molecule has 6 nitrogen and oxygen atoms in total. The third-order valence-corrected chi connectivity index (χ3v) is 5.71. The van der Waals surface area contributed by atoms with Gasteiger partial charge in [-0.2, -0.15) is 0 Å². The van der Waals surface area contributed by atoms with Crippen molar-refractivity contribution in [2.24, 2.45) is 0 Å². The maximum atomic E-state index is 12.8. The van der Waals surface area contributed by atoms with Crippen molar-refractivity contribution in [3.63, 3.8) is 0 Å². The lowest BCUT2D eigenvalue weighted by Gasteiger charge is -2.32. The van der Waals surface area contributed by atoms with E-state index in [1.165, 1.54) is 5.56 Å². The molecule has 3 aromatic rings. The highest BCUT2D eigenvalue weighted by Crippen LogP contribution is 2.17. The molecule has 152 valence electrons. The Balaban J connectivity index is 1.38. The lowest BCUT2D eigenvalue weighted by atomic mass is 10.1. The molecule has 0 aliphatic carbocycles. The van der Waals surface area contributed by atoms with Crippen LogP contribution in [0.1, 0.15) is 27.3 Å². The number of aromatic nitrogens is 2. The molecule has 4 rings (SSSR count). The molecule has 0 spiro atoms. The molecule has 2 aromatic heterocycles. The number of amides is 1. The zero-order valence-corrected chi connectivity index (χ0v) is 17.5. The van der Waals surface area contributed by atoms with Crippen molar-refractivity contribution in [2.45, 2.75) is 20.3 Å². The smallest absolute Gasteiger partial charge is 0.259 e. The number of rotatable bonds is 5. The summed E-state index contributed by atoms with van der Waals surface area (Å²) in [5, 5.41) is 3.00. The number of carbonyl (C=O) groups excluding carboxylic acids is 1. The SMILES string of the molecule is Cc1cc(C)n2ccc(C(=O)Nc3ccc(CCN4CCN(C)CC4)cc3)c2n1. The summed E-state index contributed by atoms with van der Waals surface area (Å²) in [6, 6.07) is 12.0. The highest BCUT2D eigenvalue weighted by molar-refractivity contribution is 6.08. The third-order valence-electron chi connectivity index (χ3n) is 5.71. The molecule has 3 heterocycles. The summed E-state index contributed by atoms with van der Waals surface area (Å²) in [7, 11) is 2.18. The molecule has 0 saturated carbocycles. The van der Waals surface area contributed by atoms with E-state index in [0.29, 0.717) is 11.2 Å². The van der Waals surface area contributed by atoms with Crippen LogP contribution in [-0.2, 0) is 6.42 Å². The van der Waals surface area contributed by atoms with Crippen molar-refractivity contribution in [1.29, 1.82) is 0 Å². The highest BCUT2D eigenvalue weighted by Gasteiger charge is 2.15. The normalized spacial score (nSPS) is 15.7. The fraction of sp³-hybridized carbons (Fsp3) is 0.391. The van der Waals surface area contributed by atoms with Crippen LogP contribution in [-0.4, -0.2) is 64.9 Å². The monoisotopic (exact) mass is 391 g/mol. The molecule has 1 amide bonds.